The van der Waals surface area contributed by atoms with Crippen LogP contribution in [-0.2, 0) is 13.6 Å². The number of hydrogen-bond donors (Lipinski definition) is 1. The predicted octanol–water partition coefficient (Wildman–Crippen LogP) is 1.49. The van der Waals surface area contributed by atoms with Gasteiger partial charge in [0.15, 0.2) is 0 Å². The quantitative estimate of drug-likeness (QED) is 0.862. The Labute approximate surface area is 101 Å². The van der Waals surface area contributed by atoms with Crippen molar-refractivity contribution in [2.24, 2.45) is 7.05 Å². The monoisotopic (exact) mass is 237 g/mol. The van der Waals surface area contributed by atoms with E-state index in [0.717, 1.165) is 18.7 Å². The molecule has 1 aliphatic rings. The van der Waals surface area contributed by atoms with E-state index >= 15 is 0 Å². The largest absolute Gasteiger partial charge is 0.478 e. The molecule has 1 saturated heterocycles. The van der Waals surface area contributed by atoms with Crippen molar-refractivity contribution in [2.45, 2.75) is 38.8 Å². The Morgan fingerprint density at radius 1 is 1.65 bits per heavy atom. The lowest BCUT2D eigenvalue weighted by Crippen LogP contribution is -2.29. The lowest BCUT2D eigenvalue weighted by molar-refractivity contribution is 0.0694. The van der Waals surface area contributed by atoms with Gasteiger partial charge in [0.25, 0.3) is 0 Å². The van der Waals surface area contributed by atoms with Crippen molar-refractivity contribution >= 4 is 5.97 Å². The molecule has 94 valence electrons. The van der Waals surface area contributed by atoms with Gasteiger partial charge in [0.05, 0.1) is 11.9 Å². The molecule has 2 heterocycles. The number of likely N-dealkylation sites (tertiary alicyclic amines) is 1. The minimum absolute atomic E-state index is 0.328. The summed E-state index contributed by atoms with van der Waals surface area (Å²) in [6.45, 7) is 3.93. The minimum Gasteiger partial charge on any atom is -0.478 e. The Morgan fingerprint density at radius 3 is 3.06 bits per heavy atom. The molecule has 5 heteroatoms. The van der Waals surface area contributed by atoms with Gasteiger partial charge < -0.3 is 5.11 Å². The number of aryl methyl sites for hydroxylation is 1. The predicted molar refractivity (Wildman–Crippen MR) is 63.9 cm³/mol. The molecule has 2 rings (SSSR count). The van der Waals surface area contributed by atoms with E-state index in [-0.39, 0.29) is 0 Å². The molecule has 1 N–H and O–H groups in total. The molecule has 0 amide bonds. The second-order valence-electron chi connectivity index (χ2n) is 4.61. The number of carboxylic acids is 1. The molecule has 1 unspecified atom stereocenters. The highest BCUT2D eigenvalue weighted by molar-refractivity contribution is 5.88. The second-order valence-corrected chi connectivity index (χ2v) is 4.61. The van der Waals surface area contributed by atoms with Crippen LogP contribution in [0.25, 0.3) is 0 Å². The van der Waals surface area contributed by atoms with Crippen LogP contribution >= 0.6 is 0 Å². The summed E-state index contributed by atoms with van der Waals surface area (Å²) in [5.41, 5.74) is 1.13. The van der Waals surface area contributed by atoms with Crippen LogP contribution in [0.15, 0.2) is 6.20 Å². The van der Waals surface area contributed by atoms with E-state index in [1.54, 1.807) is 11.7 Å². The molecular weight excluding hydrogens is 218 g/mol. The average molecular weight is 237 g/mol. The van der Waals surface area contributed by atoms with Crippen LogP contribution in [-0.4, -0.2) is 38.3 Å². The van der Waals surface area contributed by atoms with Crippen LogP contribution in [0.4, 0.5) is 0 Å². The Morgan fingerprint density at radius 2 is 2.41 bits per heavy atom. The maximum absolute atomic E-state index is 11.1. The van der Waals surface area contributed by atoms with Gasteiger partial charge in [-0.3, -0.25) is 9.58 Å². The molecule has 0 aliphatic carbocycles. The van der Waals surface area contributed by atoms with E-state index in [0.29, 0.717) is 18.2 Å². The van der Waals surface area contributed by atoms with Gasteiger partial charge in [0.1, 0.15) is 5.56 Å². The fourth-order valence-corrected chi connectivity index (χ4v) is 2.59. The number of nitrogens with zero attached hydrogens (tertiary/aromatic N) is 3. The van der Waals surface area contributed by atoms with E-state index < -0.39 is 5.97 Å². The fraction of sp³-hybridized carbons (Fsp3) is 0.667. The first-order valence-corrected chi connectivity index (χ1v) is 6.11. The third kappa shape index (κ3) is 2.34. The summed E-state index contributed by atoms with van der Waals surface area (Å²) in [6, 6.07) is 0.589. The molecule has 0 spiro atoms. The summed E-state index contributed by atoms with van der Waals surface area (Å²) in [5.74, 6) is -0.889. The lowest BCUT2D eigenvalue weighted by Gasteiger charge is -2.23. The first-order chi connectivity index (χ1) is 8.13. The third-order valence-electron chi connectivity index (χ3n) is 3.62. The van der Waals surface area contributed by atoms with Crippen molar-refractivity contribution < 1.29 is 9.90 Å². The first kappa shape index (κ1) is 12.1. The molecule has 5 nitrogen and oxygen atoms in total. The van der Waals surface area contributed by atoms with Crippen molar-refractivity contribution in [3.63, 3.8) is 0 Å². The number of carboxylic acid groups (broad SMARTS) is 1. The number of carbonyl (C=O) groups is 1. The number of aromatic carboxylic acids is 1. The maximum Gasteiger partial charge on any atom is 0.339 e. The van der Waals surface area contributed by atoms with Gasteiger partial charge in [-0.05, 0) is 25.8 Å². The molecule has 0 aromatic carbocycles. The SMILES string of the molecule is CCC1CCCN1Cc1c(C(=O)O)cnn1C. The molecule has 17 heavy (non-hydrogen) atoms. The summed E-state index contributed by atoms with van der Waals surface area (Å²) >= 11 is 0. The van der Waals surface area contributed by atoms with E-state index in [1.165, 1.54) is 19.0 Å². The van der Waals surface area contributed by atoms with Gasteiger partial charge in [-0.2, -0.15) is 5.10 Å². The second kappa shape index (κ2) is 4.87. The minimum atomic E-state index is -0.889. The standard InChI is InChI=1S/C12H19N3O2/c1-3-9-5-4-6-15(9)8-11-10(12(16)17)7-13-14(11)2/h7,9H,3-6,8H2,1-2H3,(H,16,17). The summed E-state index contributed by atoms with van der Waals surface area (Å²) in [7, 11) is 1.80. The summed E-state index contributed by atoms with van der Waals surface area (Å²) < 4.78 is 1.68. The highest BCUT2D eigenvalue weighted by atomic mass is 16.4. The van der Waals surface area contributed by atoms with Crippen LogP contribution in [0.2, 0.25) is 0 Å². The van der Waals surface area contributed by atoms with E-state index in [1.807, 2.05) is 0 Å². The summed E-state index contributed by atoms with van der Waals surface area (Å²) in [5, 5.41) is 13.1. The zero-order valence-corrected chi connectivity index (χ0v) is 10.4. The Hall–Kier alpha value is -1.36. The van der Waals surface area contributed by atoms with E-state index in [9.17, 15) is 4.79 Å². The highest BCUT2D eigenvalue weighted by Gasteiger charge is 2.25. The van der Waals surface area contributed by atoms with Crippen molar-refractivity contribution in [1.29, 1.82) is 0 Å². The number of aromatic nitrogens is 2. The molecule has 1 fully saturated rings. The Kier molecular flexibility index (Phi) is 3.47. The normalized spacial score (nSPS) is 20.9. The van der Waals surface area contributed by atoms with Gasteiger partial charge in [-0.25, -0.2) is 4.79 Å². The molecule has 0 bridgehead atoms. The average Bonchev–Trinajstić information content (AvgIpc) is 2.87. The van der Waals surface area contributed by atoms with Gasteiger partial charge in [-0.15, -0.1) is 0 Å². The maximum atomic E-state index is 11.1. The Balaban J connectivity index is 2.17. The smallest absolute Gasteiger partial charge is 0.339 e. The zero-order chi connectivity index (χ0) is 12.4. The first-order valence-electron chi connectivity index (χ1n) is 6.11. The summed E-state index contributed by atoms with van der Waals surface area (Å²) in [4.78, 5) is 13.5. The van der Waals surface area contributed by atoms with Crippen LogP contribution in [0.3, 0.4) is 0 Å². The molecule has 1 aromatic rings. The Bertz CT molecular complexity index is 414. The van der Waals surface area contributed by atoms with Gasteiger partial charge in [0.2, 0.25) is 0 Å². The fourth-order valence-electron chi connectivity index (χ4n) is 2.59. The van der Waals surface area contributed by atoms with Crippen LogP contribution < -0.4 is 0 Å². The topological polar surface area (TPSA) is 58.4 Å². The molecule has 1 atom stereocenters. The van der Waals surface area contributed by atoms with E-state index in [2.05, 4.69) is 16.9 Å². The number of hydrogen-bond acceptors (Lipinski definition) is 3. The summed E-state index contributed by atoms with van der Waals surface area (Å²) in [6.07, 6.45) is 4.99. The van der Waals surface area contributed by atoms with Gasteiger partial charge in [-0.1, -0.05) is 6.92 Å². The molecule has 1 aromatic heterocycles. The van der Waals surface area contributed by atoms with Gasteiger partial charge in [0, 0.05) is 19.6 Å². The molecule has 0 saturated carbocycles. The zero-order valence-electron chi connectivity index (χ0n) is 10.4. The highest BCUT2D eigenvalue weighted by Crippen LogP contribution is 2.23. The van der Waals surface area contributed by atoms with Crippen molar-refractivity contribution in [1.82, 2.24) is 14.7 Å². The van der Waals surface area contributed by atoms with E-state index in [4.69, 9.17) is 5.11 Å². The van der Waals surface area contributed by atoms with Crippen molar-refractivity contribution in [3.05, 3.63) is 17.5 Å². The molecular formula is C12H19N3O2. The van der Waals surface area contributed by atoms with Crippen LogP contribution in [0.1, 0.15) is 42.2 Å². The van der Waals surface area contributed by atoms with Crippen molar-refractivity contribution in [2.75, 3.05) is 6.54 Å². The molecule has 0 radical (unpaired) electrons. The van der Waals surface area contributed by atoms with Crippen LogP contribution in [0.5, 0.6) is 0 Å². The third-order valence-corrected chi connectivity index (χ3v) is 3.62. The lowest BCUT2D eigenvalue weighted by atomic mass is 10.1. The van der Waals surface area contributed by atoms with Gasteiger partial charge >= 0.3 is 5.97 Å². The molecule has 1 aliphatic heterocycles. The number of rotatable bonds is 4. The van der Waals surface area contributed by atoms with Crippen molar-refractivity contribution in [3.8, 4) is 0 Å². The van der Waals surface area contributed by atoms with Crippen LogP contribution in [0, 0.1) is 0 Å².